The third kappa shape index (κ3) is 8.91. The Hall–Kier alpha value is -3.16. The number of nitrogens with zero attached hydrogens (tertiary/aromatic N) is 1. The fourth-order valence-corrected chi connectivity index (χ4v) is 5.22. The summed E-state index contributed by atoms with van der Waals surface area (Å²) in [4.78, 5) is 0.744. The third-order valence-corrected chi connectivity index (χ3v) is 7.26. The van der Waals surface area contributed by atoms with Crippen LogP contribution in [0.25, 0.3) is 0 Å². The zero-order chi connectivity index (χ0) is 30.6. The predicted molar refractivity (Wildman–Crippen MR) is 137 cm³/mol. The number of ether oxygens (including phenoxy) is 1. The quantitative estimate of drug-likeness (QED) is 0.188. The molecule has 0 radical (unpaired) electrons. The van der Waals surface area contributed by atoms with E-state index >= 15 is 8.78 Å². The average Bonchev–Trinajstić information content (AvgIpc) is 2.85. The zero-order valence-corrected chi connectivity index (χ0v) is 22.9. The number of alkyl halides is 5. The highest BCUT2D eigenvalue weighted by Gasteiger charge is 2.35. The molecule has 224 valence electrons. The topological polar surface area (TPSA) is 66.8 Å². The molecular weight excluding hydrogens is 579 g/mol. The molecule has 0 amide bonds. The van der Waals surface area contributed by atoms with Gasteiger partial charge in [0.15, 0.2) is 9.84 Å². The van der Waals surface area contributed by atoms with Crippen LogP contribution < -0.4 is 4.74 Å². The van der Waals surface area contributed by atoms with Gasteiger partial charge in [0.1, 0.15) is 17.4 Å². The van der Waals surface area contributed by atoms with E-state index in [1.165, 1.54) is 24.0 Å². The van der Waals surface area contributed by atoms with Crippen LogP contribution in [0.4, 0.5) is 30.7 Å². The molecule has 1 unspecified atom stereocenters. The lowest BCUT2D eigenvalue weighted by atomic mass is 10.1. The zero-order valence-electron chi connectivity index (χ0n) is 22.1. The molecule has 0 fully saturated rings. The van der Waals surface area contributed by atoms with Crippen LogP contribution in [0.1, 0.15) is 41.7 Å². The second-order valence-electron chi connectivity index (χ2n) is 9.59. The van der Waals surface area contributed by atoms with Gasteiger partial charge in [-0.3, -0.25) is 4.90 Å². The van der Waals surface area contributed by atoms with Gasteiger partial charge in [0.05, 0.1) is 29.7 Å². The summed E-state index contributed by atoms with van der Waals surface area (Å²) in [5.74, 6) is -5.38. The minimum atomic E-state index is -4.63. The maximum Gasteiger partial charge on any atom is 0.416 e. The Morgan fingerprint density at radius 1 is 0.951 bits per heavy atom. The third-order valence-electron chi connectivity index (χ3n) is 6.12. The van der Waals surface area contributed by atoms with Crippen LogP contribution in [-0.4, -0.2) is 44.4 Å². The van der Waals surface area contributed by atoms with Crippen LogP contribution in [-0.2, 0) is 28.5 Å². The van der Waals surface area contributed by atoms with Crippen molar-refractivity contribution in [3.8, 4) is 5.75 Å². The first-order valence-corrected chi connectivity index (χ1v) is 14.2. The van der Waals surface area contributed by atoms with Crippen LogP contribution in [0.15, 0.2) is 65.6 Å². The Balaban J connectivity index is 1.78. The second kappa shape index (κ2) is 12.8. The van der Waals surface area contributed by atoms with Crippen molar-refractivity contribution in [1.29, 1.82) is 0 Å². The van der Waals surface area contributed by atoms with Crippen LogP contribution in [0, 0.1) is 11.6 Å². The summed E-state index contributed by atoms with van der Waals surface area (Å²) in [6, 6.07) is 9.79. The van der Waals surface area contributed by atoms with Crippen molar-refractivity contribution < 1.29 is 49.0 Å². The smallest absolute Gasteiger partial charge is 0.416 e. The molecule has 3 aromatic carbocycles. The Kier molecular flexibility index (Phi) is 10.1. The van der Waals surface area contributed by atoms with Crippen molar-refractivity contribution in [2.24, 2.45) is 0 Å². The van der Waals surface area contributed by atoms with Crippen molar-refractivity contribution in [3.63, 3.8) is 0 Å². The number of hydrogen-bond donors (Lipinski definition) is 1. The molecule has 0 aliphatic rings. The number of sulfone groups is 1. The lowest BCUT2D eigenvalue weighted by Gasteiger charge is -2.28. The van der Waals surface area contributed by atoms with E-state index in [2.05, 4.69) is 0 Å². The van der Waals surface area contributed by atoms with Gasteiger partial charge in [0.2, 0.25) is 0 Å². The highest BCUT2D eigenvalue weighted by Crippen LogP contribution is 2.33. The molecule has 0 heterocycles. The molecule has 41 heavy (non-hydrogen) atoms. The van der Waals surface area contributed by atoms with Gasteiger partial charge in [0, 0.05) is 36.5 Å². The molecule has 0 bridgehead atoms. The number of benzene rings is 3. The van der Waals surface area contributed by atoms with Gasteiger partial charge in [-0.25, -0.2) is 17.2 Å². The maximum absolute atomic E-state index is 15.1. The fraction of sp³-hybridized carbons (Fsp3) is 0.357. The lowest BCUT2D eigenvalue weighted by molar-refractivity contribution is -0.137. The van der Waals surface area contributed by atoms with Crippen molar-refractivity contribution in [2.45, 2.75) is 43.0 Å². The molecular formula is C28H28F7NO4S. The van der Waals surface area contributed by atoms with Gasteiger partial charge in [0.25, 0.3) is 5.92 Å². The summed E-state index contributed by atoms with van der Waals surface area (Å²) in [6.07, 6.45) is -5.16. The average molecular weight is 608 g/mol. The first-order chi connectivity index (χ1) is 19.0. The van der Waals surface area contributed by atoms with Crippen LogP contribution in [0.5, 0.6) is 5.75 Å². The van der Waals surface area contributed by atoms with Crippen LogP contribution in [0.2, 0.25) is 0 Å². The van der Waals surface area contributed by atoms with E-state index in [0.29, 0.717) is 0 Å². The molecule has 3 aromatic rings. The molecule has 0 aliphatic heterocycles. The van der Waals surface area contributed by atoms with E-state index in [1.54, 1.807) is 0 Å². The van der Waals surface area contributed by atoms with Gasteiger partial charge in [-0.15, -0.1) is 0 Å². The minimum Gasteiger partial charge on any atom is -0.493 e. The number of rotatable bonds is 12. The maximum atomic E-state index is 15.1. The van der Waals surface area contributed by atoms with Crippen molar-refractivity contribution in [3.05, 3.63) is 94.6 Å². The number of halogens is 7. The molecule has 0 aromatic heterocycles. The Morgan fingerprint density at radius 3 is 2.20 bits per heavy atom. The Morgan fingerprint density at radius 2 is 1.61 bits per heavy atom. The second-order valence-corrected chi connectivity index (χ2v) is 11.6. The molecule has 3 rings (SSSR count). The van der Waals surface area contributed by atoms with Gasteiger partial charge >= 0.3 is 6.18 Å². The summed E-state index contributed by atoms with van der Waals surface area (Å²) >= 11 is 0. The van der Waals surface area contributed by atoms with Gasteiger partial charge in [-0.1, -0.05) is 30.3 Å². The SMILES string of the molecule is CC(O)c1c(F)cc(OCCCN(Cc2cccc(C(F)(F)F)c2)CC(F)(F)c2ccc(F)cc2)cc1S(C)(=O)=O. The summed E-state index contributed by atoms with van der Waals surface area (Å²) in [5, 5.41) is 9.79. The van der Waals surface area contributed by atoms with Crippen LogP contribution in [0.3, 0.4) is 0 Å². The summed E-state index contributed by atoms with van der Waals surface area (Å²) < 4.78 is 127. The Bertz CT molecular complexity index is 1440. The fourth-order valence-electron chi connectivity index (χ4n) is 4.23. The summed E-state index contributed by atoms with van der Waals surface area (Å²) in [6.45, 7) is -0.270. The minimum absolute atomic E-state index is 0.0481. The molecule has 5 nitrogen and oxygen atoms in total. The van der Waals surface area contributed by atoms with Crippen molar-refractivity contribution in [1.82, 2.24) is 4.90 Å². The van der Waals surface area contributed by atoms with E-state index in [4.69, 9.17) is 4.74 Å². The van der Waals surface area contributed by atoms with Crippen LogP contribution >= 0.6 is 0 Å². The molecule has 0 saturated carbocycles. The molecule has 1 N–H and O–H groups in total. The normalized spacial score (nSPS) is 13.4. The van der Waals surface area contributed by atoms with E-state index in [-0.39, 0.29) is 37.4 Å². The number of hydrogen-bond acceptors (Lipinski definition) is 5. The van der Waals surface area contributed by atoms with Gasteiger partial charge < -0.3 is 9.84 Å². The molecule has 13 heteroatoms. The summed E-state index contributed by atoms with van der Waals surface area (Å²) in [7, 11) is -3.94. The monoisotopic (exact) mass is 607 g/mol. The molecule has 0 spiro atoms. The number of aliphatic hydroxyl groups excluding tert-OH is 1. The first-order valence-electron chi connectivity index (χ1n) is 12.3. The van der Waals surface area contributed by atoms with Gasteiger partial charge in [-0.05, 0) is 43.2 Å². The van der Waals surface area contributed by atoms with E-state index in [0.717, 1.165) is 54.8 Å². The van der Waals surface area contributed by atoms with E-state index in [9.17, 15) is 35.5 Å². The van der Waals surface area contributed by atoms with Crippen molar-refractivity contribution >= 4 is 9.84 Å². The van der Waals surface area contributed by atoms with Gasteiger partial charge in [-0.2, -0.15) is 22.0 Å². The number of aliphatic hydroxyl groups is 1. The predicted octanol–water partition coefficient (Wildman–Crippen LogP) is 6.50. The molecule has 0 aliphatic carbocycles. The van der Waals surface area contributed by atoms with E-state index < -0.39 is 67.8 Å². The Labute approximate surface area is 233 Å². The largest absolute Gasteiger partial charge is 0.493 e. The highest BCUT2D eigenvalue weighted by molar-refractivity contribution is 7.90. The van der Waals surface area contributed by atoms with E-state index in [1.807, 2.05) is 0 Å². The van der Waals surface area contributed by atoms with Crippen molar-refractivity contribution in [2.75, 3.05) is 26.0 Å². The standard InChI is InChI=1S/C28H28F7NO4S/c1-18(37)26-24(30)14-23(15-25(26)41(2,38)39)40-12-4-11-36(16-19-5-3-6-21(13-19)28(33,34)35)17-27(31,32)20-7-9-22(29)10-8-20/h3,5-10,13-15,18,37H,4,11-12,16-17H2,1-2H3. The molecule has 0 saturated heterocycles. The highest BCUT2D eigenvalue weighted by atomic mass is 32.2. The lowest BCUT2D eigenvalue weighted by Crippen LogP contribution is -2.36. The first kappa shape index (κ1) is 32.4. The molecule has 1 atom stereocenters. The summed E-state index contributed by atoms with van der Waals surface area (Å²) in [5.41, 5.74) is -1.71.